The van der Waals surface area contributed by atoms with Crippen molar-refractivity contribution in [1.82, 2.24) is 15.5 Å². The number of aliphatic hydroxyl groups excluding tert-OH is 1. The second-order valence-corrected chi connectivity index (χ2v) is 7.92. The summed E-state index contributed by atoms with van der Waals surface area (Å²) in [6.45, 7) is 5.98. The van der Waals surface area contributed by atoms with Crippen molar-refractivity contribution in [3.8, 4) is 11.5 Å². The zero-order valence-electron chi connectivity index (χ0n) is 19.8. The second-order valence-electron chi connectivity index (χ2n) is 7.92. The van der Waals surface area contributed by atoms with Gasteiger partial charge in [-0.25, -0.2) is 0 Å². The smallest absolute Gasteiger partial charge is 0.191 e. The van der Waals surface area contributed by atoms with Crippen LogP contribution in [-0.2, 0) is 0 Å². The number of aliphatic hydroxyl groups is 1. The molecule has 0 amide bonds. The molecule has 1 aliphatic heterocycles. The molecule has 33 heavy (non-hydrogen) atoms. The molecule has 3 N–H and O–H groups in total. The number of methoxy groups -OCH3 is 2. The van der Waals surface area contributed by atoms with E-state index in [4.69, 9.17) is 14.5 Å². The number of nitrogens with zero attached hydrogens (tertiary/aromatic N) is 2. The highest BCUT2D eigenvalue weighted by Crippen LogP contribution is 2.27. The summed E-state index contributed by atoms with van der Waals surface area (Å²) in [4.78, 5) is 7.36. The van der Waals surface area contributed by atoms with E-state index in [0.29, 0.717) is 19.0 Å². The van der Waals surface area contributed by atoms with Gasteiger partial charge >= 0.3 is 0 Å². The van der Waals surface area contributed by atoms with Gasteiger partial charge in [-0.3, -0.25) is 9.89 Å². The number of rotatable bonds is 10. The number of nitrogens with one attached hydrogen (secondary N) is 2. The maximum absolute atomic E-state index is 10.6. The molecular formula is C25H37IN4O3. The van der Waals surface area contributed by atoms with Gasteiger partial charge in [0.15, 0.2) is 5.96 Å². The molecule has 0 radical (unpaired) electrons. The highest BCUT2D eigenvalue weighted by Gasteiger charge is 2.23. The number of aliphatic imine (C=N–C) groups is 1. The molecule has 1 heterocycles. The van der Waals surface area contributed by atoms with E-state index in [1.54, 1.807) is 14.2 Å². The fourth-order valence-corrected chi connectivity index (χ4v) is 3.97. The lowest BCUT2D eigenvalue weighted by molar-refractivity contribution is 0.180. The Morgan fingerprint density at radius 3 is 2.00 bits per heavy atom. The Hall–Kier alpha value is -2.04. The predicted octanol–water partition coefficient (Wildman–Crippen LogP) is 3.75. The van der Waals surface area contributed by atoms with Crippen LogP contribution < -0.4 is 20.1 Å². The normalized spacial score (nSPS) is 15.9. The minimum Gasteiger partial charge on any atom is -0.497 e. The Morgan fingerprint density at radius 2 is 1.48 bits per heavy atom. The number of likely N-dealkylation sites (tertiary alicyclic amines) is 1. The standard InChI is InChI=1S/C25H36N4O3.HI/c1-4-26-25(28-18-24(30)20-9-13-22(32-3)14-10-20)27-17-23(29-15-5-6-16-29)19-7-11-21(31-2)12-8-19;/h7-14,23-24,30H,4-6,15-18H2,1-3H3,(H2,26,27,28);1H. The molecule has 0 aromatic heterocycles. The van der Waals surface area contributed by atoms with Gasteiger partial charge < -0.3 is 25.2 Å². The Morgan fingerprint density at radius 1 is 0.939 bits per heavy atom. The zero-order valence-corrected chi connectivity index (χ0v) is 22.1. The van der Waals surface area contributed by atoms with E-state index < -0.39 is 6.10 Å². The van der Waals surface area contributed by atoms with Crippen molar-refractivity contribution in [1.29, 1.82) is 0 Å². The monoisotopic (exact) mass is 568 g/mol. The van der Waals surface area contributed by atoms with Crippen LogP contribution in [0.25, 0.3) is 0 Å². The Labute approximate surface area is 214 Å². The van der Waals surface area contributed by atoms with Gasteiger partial charge in [-0.2, -0.15) is 0 Å². The van der Waals surface area contributed by atoms with E-state index in [-0.39, 0.29) is 30.0 Å². The Kier molecular flexibility index (Phi) is 11.8. The van der Waals surface area contributed by atoms with Crippen LogP contribution in [0, 0.1) is 0 Å². The molecule has 2 unspecified atom stereocenters. The third kappa shape index (κ3) is 8.04. The van der Waals surface area contributed by atoms with Gasteiger partial charge in [-0.15, -0.1) is 24.0 Å². The lowest BCUT2D eigenvalue weighted by Crippen LogP contribution is -2.40. The molecule has 1 fully saturated rings. The number of halogens is 1. The highest BCUT2D eigenvalue weighted by atomic mass is 127. The summed E-state index contributed by atoms with van der Waals surface area (Å²) in [5, 5.41) is 17.1. The number of benzene rings is 2. The van der Waals surface area contributed by atoms with Gasteiger partial charge in [-0.1, -0.05) is 24.3 Å². The van der Waals surface area contributed by atoms with Gasteiger partial charge in [0.25, 0.3) is 0 Å². The van der Waals surface area contributed by atoms with E-state index >= 15 is 0 Å². The summed E-state index contributed by atoms with van der Waals surface area (Å²) in [5.41, 5.74) is 2.08. The number of hydrogen-bond donors (Lipinski definition) is 3. The summed E-state index contributed by atoms with van der Waals surface area (Å²) < 4.78 is 10.5. The topological polar surface area (TPSA) is 78.4 Å². The molecule has 2 aromatic carbocycles. The first kappa shape index (κ1) is 27.2. The van der Waals surface area contributed by atoms with Crippen molar-refractivity contribution >= 4 is 29.9 Å². The molecule has 8 heteroatoms. The van der Waals surface area contributed by atoms with Crippen molar-refractivity contribution in [3.63, 3.8) is 0 Å². The summed E-state index contributed by atoms with van der Waals surface area (Å²) in [6.07, 6.45) is 1.81. The average Bonchev–Trinajstić information content (AvgIpc) is 3.37. The molecule has 2 aromatic rings. The molecule has 0 spiro atoms. The molecule has 3 rings (SSSR count). The van der Waals surface area contributed by atoms with Crippen LogP contribution in [0.15, 0.2) is 53.5 Å². The van der Waals surface area contributed by atoms with Gasteiger partial charge in [0, 0.05) is 13.1 Å². The average molecular weight is 569 g/mol. The first-order valence-corrected chi connectivity index (χ1v) is 11.4. The fraction of sp³-hybridized carbons (Fsp3) is 0.480. The first-order chi connectivity index (χ1) is 15.6. The van der Waals surface area contributed by atoms with Crippen molar-refractivity contribution in [2.45, 2.75) is 31.9 Å². The molecule has 0 saturated carbocycles. The van der Waals surface area contributed by atoms with E-state index in [9.17, 15) is 5.11 Å². The van der Waals surface area contributed by atoms with Crippen molar-refractivity contribution in [2.24, 2.45) is 4.99 Å². The van der Waals surface area contributed by atoms with Gasteiger partial charge in [0.2, 0.25) is 0 Å². The Bertz CT molecular complexity index is 840. The third-order valence-electron chi connectivity index (χ3n) is 5.81. The number of ether oxygens (including phenoxy) is 2. The van der Waals surface area contributed by atoms with E-state index in [1.165, 1.54) is 18.4 Å². The molecule has 182 valence electrons. The van der Waals surface area contributed by atoms with Gasteiger partial charge in [-0.05, 0) is 68.2 Å². The second kappa shape index (κ2) is 14.3. The lowest BCUT2D eigenvalue weighted by Gasteiger charge is -2.27. The zero-order chi connectivity index (χ0) is 22.8. The molecule has 0 bridgehead atoms. The van der Waals surface area contributed by atoms with E-state index in [1.807, 2.05) is 43.3 Å². The fourth-order valence-electron chi connectivity index (χ4n) is 3.97. The van der Waals surface area contributed by atoms with Gasteiger partial charge in [0.1, 0.15) is 11.5 Å². The SMILES string of the molecule is CCNC(=NCC(c1ccc(OC)cc1)N1CCCC1)NCC(O)c1ccc(OC)cc1.I. The van der Waals surface area contributed by atoms with Crippen molar-refractivity contribution < 1.29 is 14.6 Å². The molecule has 0 aliphatic carbocycles. The van der Waals surface area contributed by atoms with Crippen LogP contribution in [-0.4, -0.2) is 62.9 Å². The maximum Gasteiger partial charge on any atom is 0.191 e. The molecule has 7 nitrogen and oxygen atoms in total. The first-order valence-electron chi connectivity index (χ1n) is 11.4. The summed E-state index contributed by atoms with van der Waals surface area (Å²) >= 11 is 0. The quantitative estimate of drug-likeness (QED) is 0.230. The number of hydrogen-bond acceptors (Lipinski definition) is 5. The Balaban J connectivity index is 0.00000385. The minimum absolute atomic E-state index is 0. The number of guanidine groups is 1. The molecular weight excluding hydrogens is 531 g/mol. The van der Waals surface area contributed by atoms with Gasteiger partial charge in [0.05, 0.1) is 32.9 Å². The van der Waals surface area contributed by atoms with Crippen LogP contribution in [0.5, 0.6) is 11.5 Å². The van der Waals surface area contributed by atoms with Crippen LogP contribution in [0.1, 0.15) is 43.0 Å². The lowest BCUT2D eigenvalue weighted by atomic mass is 10.1. The van der Waals surface area contributed by atoms with E-state index in [2.05, 4.69) is 27.7 Å². The molecule has 1 aliphatic rings. The van der Waals surface area contributed by atoms with Crippen LogP contribution in [0.4, 0.5) is 0 Å². The van der Waals surface area contributed by atoms with Crippen molar-refractivity contribution in [3.05, 3.63) is 59.7 Å². The van der Waals surface area contributed by atoms with Crippen LogP contribution >= 0.6 is 24.0 Å². The third-order valence-corrected chi connectivity index (χ3v) is 5.81. The summed E-state index contributed by atoms with van der Waals surface area (Å²) in [5.74, 6) is 2.34. The minimum atomic E-state index is -0.638. The maximum atomic E-state index is 10.6. The molecule has 1 saturated heterocycles. The van der Waals surface area contributed by atoms with Crippen LogP contribution in [0.3, 0.4) is 0 Å². The van der Waals surface area contributed by atoms with E-state index in [0.717, 1.165) is 36.7 Å². The molecule has 2 atom stereocenters. The van der Waals surface area contributed by atoms with Crippen molar-refractivity contribution in [2.75, 3.05) is 46.9 Å². The largest absolute Gasteiger partial charge is 0.497 e. The highest BCUT2D eigenvalue weighted by molar-refractivity contribution is 14.0. The predicted molar refractivity (Wildman–Crippen MR) is 144 cm³/mol. The summed E-state index contributed by atoms with van der Waals surface area (Å²) in [7, 11) is 3.32. The van der Waals surface area contributed by atoms with Crippen LogP contribution in [0.2, 0.25) is 0 Å². The summed E-state index contributed by atoms with van der Waals surface area (Å²) in [6, 6.07) is 16.0.